The third kappa shape index (κ3) is 16.0. The lowest BCUT2D eigenvalue weighted by atomic mass is 9.97. The number of hydrogen-bond acceptors (Lipinski definition) is 10. The fourth-order valence-electron chi connectivity index (χ4n) is 9.94. The number of nitrogens with two attached hydrogens (primary N) is 2. The van der Waals surface area contributed by atoms with Crippen LogP contribution in [0.15, 0.2) is 108 Å². The summed E-state index contributed by atoms with van der Waals surface area (Å²) in [4.78, 5) is 123. The largest absolute Gasteiger partial charge is 0.372 e. The van der Waals surface area contributed by atoms with E-state index in [-0.39, 0.29) is 95.8 Å². The quantitative estimate of drug-likeness (QED) is 0.0371. The van der Waals surface area contributed by atoms with E-state index in [1.165, 1.54) is 11.8 Å². The molecule has 0 saturated carbocycles. The van der Waals surface area contributed by atoms with E-state index < -0.39 is 83.7 Å². The molecule has 0 aliphatic carbocycles. The number of aromatic nitrogens is 1. The van der Waals surface area contributed by atoms with Gasteiger partial charge in [0.1, 0.15) is 42.0 Å². The zero-order chi connectivity index (χ0) is 54.8. The van der Waals surface area contributed by atoms with Crippen LogP contribution in [0.2, 0.25) is 0 Å². The van der Waals surface area contributed by atoms with E-state index in [1.807, 2.05) is 104 Å². The van der Waals surface area contributed by atoms with Crippen LogP contribution in [-0.2, 0) is 62.5 Å². The summed E-state index contributed by atoms with van der Waals surface area (Å²) in [6.07, 6.45) is 2.32. The molecule has 77 heavy (non-hydrogen) atoms. The number of nitrogens with one attached hydrogen (secondary N) is 7. The third-order valence-electron chi connectivity index (χ3n) is 14.0. The number of hydrogen-bond donors (Lipinski definition) is 9. The van der Waals surface area contributed by atoms with Gasteiger partial charge in [0.25, 0.3) is 0 Å². The lowest BCUT2D eigenvalue weighted by Crippen LogP contribution is -2.60. The Morgan fingerprint density at radius 1 is 0.766 bits per heavy atom. The summed E-state index contributed by atoms with van der Waals surface area (Å²) in [6.45, 7) is 3.28. The van der Waals surface area contributed by atoms with Crippen molar-refractivity contribution < 1.29 is 43.1 Å². The Bertz CT molecular complexity index is 2920. The van der Waals surface area contributed by atoms with Gasteiger partial charge < -0.3 is 58.0 Å². The molecule has 0 bridgehead atoms. The van der Waals surface area contributed by atoms with Gasteiger partial charge >= 0.3 is 0 Å². The predicted molar refractivity (Wildman–Crippen MR) is 291 cm³/mol. The molecule has 2 unspecified atom stereocenters. The van der Waals surface area contributed by atoms with Crippen molar-refractivity contribution in [3.8, 4) is 0 Å². The molecule has 5 aromatic rings. The minimum absolute atomic E-state index is 0.00493. The molecule has 2 aliphatic heterocycles. The molecule has 20 heteroatoms. The first-order valence-corrected chi connectivity index (χ1v) is 26.5. The summed E-state index contributed by atoms with van der Waals surface area (Å²) in [5.41, 5.74) is 14.4. The fraction of sp³-hybridized carbons (Fsp3) is 0.421. The van der Waals surface area contributed by atoms with Gasteiger partial charge in [-0.2, -0.15) is 0 Å². The average Bonchev–Trinajstić information content (AvgIpc) is 4.07. The lowest BCUT2D eigenvalue weighted by molar-refractivity contribution is -0.143. The number of aliphatic imine (C=N–C) groups is 1. The first kappa shape index (κ1) is 56.6. The second-order valence-electron chi connectivity index (χ2n) is 19.8. The Balaban J connectivity index is 1.28. The van der Waals surface area contributed by atoms with E-state index in [1.54, 1.807) is 6.20 Å². The van der Waals surface area contributed by atoms with Crippen LogP contribution >= 0.6 is 0 Å². The van der Waals surface area contributed by atoms with E-state index in [0.717, 1.165) is 39.2 Å². The van der Waals surface area contributed by atoms with Gasteiger partial charge in [-0.1, -0.05) is 111 Å². The van der Waals surface area contributed by atoms with E-state index in [0.29, 0.717) is 12.0 Å². The van der Waals surface area contributed by atoms with Crippen molar-refractivity contribution in [3.05, 3.63) is 120 Å². The minimum Gasteiger partial charge on any atom is -0.372 e. The van der Waals surface area contributed by atoms with Gasteiger partial charge in [-0.15, -0.1) is 0 Å². The average molecular weight is 1050 g/mol. The molecule has 1 aromatic heterocycles. The Hall–Kier alpha value is -8.13. The number of aromatic amines is 1. The Kier molecular flexibility index (Phi) is 20.3. The second-order valence-corrected chi connectivity index (χ2v) is 19.8. The Morgan fingerprint density at radius 2 is 1.44 bits per heavy atom. The topological polar surface area (TPSA) is 301 Å². The summed E-state index contributed by atoms with van der Waals surface area (Å²) in [6, 6.07) is 22.6. The Labute approximate surface area is 447 Å². The van der Waals surface area contributed by atoms with Crippen LogP contribution < -0.4 is 43.4 Å². The molecule has 20 nitrogen and oxygen atoms in total. The number of benzene rings is 4. The SMILES string of the molecule is CCCC[C@H](NC(C)=O)C(=O)N[C@H]1CCC(=O)CCNC(=O)[C@H](Cc2c[nH]c3ccccc23)NC(=O)[C@H](CCCN=C(N)N)NC(=O)[C@@H](Cc2cccc3ccccc23)NC(=O)C2CC(OCc3ccccc3)CN2C1=O. The summed E-state index contributed by atoms with van der Waals surface area (Å²) in [7, 11) is 0. The van der Waals surface area contributed by atoms with Crippen molar-refractivity contribution in [2.75, 3.05) is 19.6 Å². The maximum atomic E-state index is 15.2. The number of fused-ring (bicyclic) bond motifs is 3. The standard InChI is InChI=1S/C57H71N11O9/c1-3-4-21-45(63-35(2)69)52(72)65-47-25-24-40(70)26-28-60-51(71)48(30-39-32-62-44-22-11-10-20-43(39)44)66-53(73)46(23-13-27-61-57(58)59)64-54(74)49(29-38-18-12-17-37-16-8-9-19-42(37)38)67-55(75)50-31-41(33-68(50)56(47)76)77-34-36-14-6-5-7-15-36/h5-12,14-20,22,32,41,45-50,62H,3-4,13,21,23-31,33-34H2,1-2H3,(H,60,71)(H,63,69)(H,64,74)(H,65,72)(H,66,73)(H,67,75)(H4,58,59,61)/t41?,45-,46-,47-,48-,49+,50?/m0/s1. The number of ether oxygens (including phenoxy) is 1. The van der Waals surface area contributed by atoms with E-state index in [4.69, 9.17) is 16.2 Å². The number of unbranched alkanes of at least 4 members (excludes halogenated alkanes) is 1. The molecular formula is C57H71N11O9. The van der Waals surface area contributed by atoms with Gasteiger partial charge in [0.15, 0.2) is 5.96 Å². The fourth-order valence-corrected chi connectivity index (χ4v) is 9.94. The van der Waals surface area contributed by atoms with Crippen LogP contribution in [0, 0.1) is 0 Å². The molecule has 2 saturated heterocycles. The van der Waals surface area contributed by atoms with E-state index >= 15 is 14.4 Å². The number of Topliss-reactive ketones (excluding diaryl/α,β-unsaturated/α-hetero) is 1. The van der Waals surface area contributed by atoms with Crippen LogP contribution in [-0.4, -0.2) is 125 Å². The van der Waals surface area contributed by atoms with Crippen molar-refractivity contribution in [2.24, 2.45) is 16.5 Å². The molecule has 0 radical (unpaired) electrons. The highest BCUT2D eigenvalue weighted by Gasteiger charge is 2.44. The molecule has 4 aromatic carbocycles. The molecule has 7 rings (SSSR count). The molecule has 11 N–H and O–H groups in total. The number of carbonyl (C=O) groups is 8. The highest BCUT2D eigenvalue weighted by molar-refractivity contribution is 5.98. The highest BCUT2D eigenvalue weighted by atomic mass is 16.5. The van der Waals surface area contributed by atoms with Crippen molar-refractivity contribution in [1.29, 1.82) is 0 Å². The maximum Gasteiger partial charge on any atom is 0.245 e. The maximum absolute atomic E-state index is 15.2. The monoisotopic (exact) mass is 1050 g/mol. The number of para-hydroxylation sites is 1. The number of rotatable bonds is 17. The zero-order valence-electron chi connectivity index (χ0n) is 43.7. The number of guanidine groups is 1. The number of carbonyl (C=O) groups excluding carboxylic acids is 8. The summed E-state index contributed by atoms with van der Waals surface area (Å²) in [5, 5.41) is 19.6. The number of nitrogens with zero attached hydrogens (tertiary/aromatic N) is 2. The van der Waals surface area contributed by atoms with Crippen LogP contribution in [0.5, 0.6) is 0 Å². The van der Waals surface area contributed by atoms with Crippen LogP contribution in [0.25, 0.3) is 21.7 Å². The molecule has 408 valence electrons. The second kappa shape index (κ2) is 27.6. The van der Waals surface area contributed by atoms with Crippen molar-refractivity contribution in [1.82, 2.24) is 41.8 Å². The highest BCUT2D eigenvalue weighted by Crippen LogP contribution is 2.26. The van der Waals surface area contributed by atoms with Gasteiger partial charge in [0, 0.05) is 75.8 Å². The summed E-state index contributed by atoms with van der Waals surface area (Å²) in [5.74, 6) is -4.99. The lowest BCUT2D eigenvalue weighted by Gasteiger charge is -2.31. The van der Waals surface area contributed by atoms with Gasteiger partial charge in [0.05, 0.1) is 12.7 Å². The van der Waals surface area contributed by atoms with Crippen LogP contribution in [0.4, 0.5) is 0 Å². The number of ketones is 1. The van der Waals surface area contributed by atoms with E-state index in [9.17, 15) is 24.0 Å². The van der Waals surface area contributed by atoms with Gasteiger partial charge in [0.2, 0.25) is 41.4 Å². The normalized spacial score (nSPS) is 21.5. The van der Waals surface area contributed by atoms with Crippen molar-refractivity contribution >= 4 is 74.8 Å². The summed E-state index contributed by atoms with van der Waals surface area (Å²) < 4.78 is 6.36. The minimum atomic E-state index is -1.35. The molecule has 0 spiro atoms. The number of H-pyrrole nitrogens is 1. The predicted octanol–water partition coefficient (Wildman–Crippen LogP) is 2.85. The Morgan fingerprint density at radius 3 is 2.21 bits per heavy atom. The molecular weight excluding hydrogens is 983 g/mol. The van der Waals surface area contributed by atoms with Gasteiger partial charge in [-0.05, 0) is 59.2 Å². The molecule has 2 fully saturated rings. The first-order valence-electron chi connectivity index (χ1n) is 26.5. The molecule has 7 amide bonds. The summed E-state index contributed by atoms with van der Waals surface area (Å²) >= 11 is 0. The smallest absolute Gasteiger partial charge is 0.245 e. The van der Waals surface area contributed by atoms with E-state index in [2.05, 4.69) is 41.9 Å². The van der Waals surface area contributed by atoms with Gasteiger partial charge in [-0.3, -0.25) is 43.3 Å². The van der Waals surface area contributed by atoms with Crippen molar-refractivity contribution in [3.63, 3.8) is 0 Å². The number of amides is 7. The van der Waals surface area contributed by atoms with Crippen LogP contribution in [0.1, 0.15) is 88.3 Å². The first-order chi connectivity index (χ1) is 37.2. The van der Waals surface area contributed by atoms with Crippen LogP contribution in [0.3, 0.4) is 0 Å². The van der Waals surface area contributed by atoms with Gasteiger partial charge in [-0.25, -0.2) is 0 Å². The molecule has 7 atom stereocenters. The third-order valence-corrected chi connectivity index (χ3v) is 14.0. The zero-order valence-corrected chi connectivity index (χ0v) is 43.7. The molecule has 3 heterocycles. The molecule has 2 aliphatic rings. The van der Waals surface area contributed by atoms with Crippen molar-refractivity contribution in [2.45, 2.75) is 133 Å².